The van der Waals surface area contributed by atoms with Crippen molar-refractivity contribution in [2.75, 3.05) is 26.3 Å². The fourth-order valence-corrected chi connectivity index (χ4v) is 8.96. The molecule has 4 aliphatic heterocycles. The standard InChI is InChI=1S/C29H35N5O5S/c1-28-13-6-2-9-18-39-27(38)23(28)22-25(36)33(16-7-3-8-17-35)24-26(37)32(15-10-14-29(22,24)40-28)19-34-21-12-5-4-11-20(21)30-31-34/h4-6,10-14,22-24,35H,2-3,7-9,15-19H2,1H3/b13-6-/t22-,23-,24?,28+,29-/m0/s1. The lowest BCUT2D eigenvalue weighted by atomic mass is 9.74. The highest BCUT2D eigenvalue weighted by Gasteiger charge is 2.73. The molecule has 40 heavy (non-hydrogen) atoms. The van der Waals surface area contributed by atoms with Crippen LogP contribution in [0.3, 0.4) is 0 Å². The van der Waals surface area contributed by atoms with Crippen LogP contribution in [0.5, 0.6) is 0 Å². The third-order valence-corrected chi connectivity index (χ3v) is 10.4. The predicted octanol–water partition coefficient (Wildman–Crippen LogP) is 2.53. The number of nitrogens with zero attached hydrogens (tertiary/aromatic N) is 5. The zero-order valence-electron chi connectivity index (χ0n) is 22.6. The Kier molecular flexibility index (Phi) is 7.20. The first kappa shape index (κ1) is 27.0. The van der Waals surface area contributed by atoms with E-state index in [9.17, 15) is 19.5 Å². The Hall–Kier alpha value is -3.18. The Morgan fingerprint density at radius 1 is 1.07 bits per heavy atom. The Morgan fingerprint density at radius 2 is 1.93 bits per heavy atom. The lowest BCUT2D eigenvalue weighted by molar-refractivity contribution is -0.154. The maximum absolute atomic E-state index is 14.5. The van der Waals surface area contributed by atoms with Gasteiger partial charge in [-0.25, -0.2) is 4.68 Å². The van der Waals surface area contributed by atoms with Gasteiger partial charge in [0.25, 0.3) is 0 Å². The number of fused-ring (bicyclic) bond motifs is 3. The van der Waals surface area contributed by atoms with Gasteiger partial charge in [0, 0.05) is 24.4 Å². The summed E-state index contributed by atoms with van der Waals surface area (Å²) in [5.74, 6) is -2.12. The number of aromatic nitrogens is 3. The SMILES string of the molecule is C[C@@]12/C=C\CCCOC(=O)[C@@H]1[C@H]1C(=O)N(CCCCCO)C3C(=O)N(Cn4nnc5ccccc54)CC=C[C@@]31S2. The van der Waals surface area contributed by atoms with E-state index < -0.39 is 27.4 Å². The molecular weight excluding hydrogens is 530 g/mol. The minimum atomic E-state index is -0.910. The van der Waals surface area contributed by atoms with Gasteiger partial charge in [-0.15, -0.1) is 16.9 Å². The highest BCUT2D eigenvalue weighted by molar-refractivity contribution is 8.02. The molecule has 6 rings (SSSR count). The average molecular weight is 566 g/mol. The van der Waals surface area contributed by atoms with Crippen LogP contribution in [0.25, 0.3) is 11.0 Å². The number of unbranched alkanes of at least 4 members (excludes halogenated alkanes) is 2. The van der Waals surface area contributed by atoms with Crippen LogP contribution in [-0.4, -0.2) is 89.5 Å². The van der Waals surface area contributed by atoms with E-state index in [1.807, 2.05) is 43.3 Å². The Morgan fingerprint density at radius 3 is 2.77 bits per heavy atom. The van der Waals surface area contributed by atoms with Crippen molar-refractivity contribution in [3.05, 3.63) is 48.6 Å². The Balaban J connectivity index is 1.39. The van der Waals surface area contributed by atoms with Gasteiger partial charge >= 0.3 is 5.97 Å². The molecule has 1 N–H and O–H groups in total. The number of likely N-dealkylation sites (tertiary alicyclic amines) is 1. The molecule has 5 atom stereocenters. The summed E-state index contributed by atoms with van der Waals surface area (Å²) in [6.45, 7) is 3.33. The number of aliphatic hydroxyl groups excluding tert-OH is 1. The first-order valence-electron chi connectivity index (χ1n) is 14.1. The Labute approximate surface area is 237 Å². The summed E-state index contributed by atoms with van der Waals surface area (Å²) in [5.41, 5.74) is 1.57. The highest BCUT2D eigenvalue weighted by Crippen LogP contribution is 2.65. The first-order chi connectivity index (χ1) is 19.4. The summed E-state index contributed by atoms with van der Waals surface area (Å²) in [6.07, 6.45) is 11.7. The van der Waals surface area contributed by atoms with E-state index >= 15 is 0 Å². The minimum Gasteiger partial charge on any atom is -0.465 e. The summed E-state index contributed by atoms with van der Waals surface area (Å²) in [6, 6.07) is 6.83. The molecule has 2 amide bonds. The lowest BCUT2D eigenvalue weighted by Crippen LogP contribution is -2.53. The fourth-order valence-electron chi connectivity index (χ4n) is 6.80. The molecule has 0 radical (unpaired) electrons. The molecule has 2 saturated heterocycles. The first-order valence-corrected chi connectivity index (χ1v) is 14.9. The van der Waals surface area contributed by atoms with Crippen molar-refractivity contribution in [2.24, 2.45) is 11.8 Å². The van der Waals surface area contributed by atoms with Crippen molar-refractivity contribution >= 4 is 40.6 Å². The van der Waals surface area contributed by atoms with E-state index in [0.717, 1.165) is 30.3 Å². The van der Waals surface area contributed by atoms with Gasteiger partial charge in [0.05, 0.1) is 28.7 Å². The molecule has 11 heteroatoms. The smallest absolute Gasteiger partial charge is 0.311 e. The number of benzene rings is 1. The van der Waals surface area contributed by atoms with Crippen LogP contribution in [0.15, 0.2) is 48.6 Å². The van der Waals surface area contributed by atoms with E-state index in [-0.39, 0.29) is 31.1 Å². The van der Waals surface area contributed by atoms with Crippen molar-refractivity contribution in [1.29, 1.82) is 0 Å². The van der Waals surface area contributed by atoms with Crippen molar-refractivity contribution in [3.63, 3.8) is 0 Å². The van der Waals surface area contributed by atoms with Crippen LogP contribution in [-0.2, 0) is 25.8 Å². The van der Waals surface area contributed by atoms with Gasteiger partial charge in [-0.05, 0) is 51.2 Å². The highest BCUT2D eigenvalue weighted by atomic mass is 32.2. The summed E-state index contributed by atoms with van der Waals surface area (Å²) >= 11 is 1.56. The number of esters is 1. The van der Waals surface area contributed by atoms with Gasteiger partial charge in [0.2, 0.25) is 11.8 Å². The molecule has 212 valence electrons. The molecule has 0 bridgehead atoms. The number of allylic oxidation sites excluding steroid dienone is 1. The van der Waals surface area contributed by atoms with Crippen LogP contribution in [0, 0.1) is 11.8 Å². The van der Waals surface area contributed by atoms with Crippen molar-refractivity contribution in [2.45, 2.75) is 61.2 Å². The van der Waals surface area contributed by atoms with Crippen LogP contribution in [0.2, 0.25) is 0 Å². The van der Waals surface area contributed by atoms with Gasteiger partial charge in [0.15, 0.2) is 0 Å². The number of thioether (sulfide) groups is 1. The second kappa shape index (κ2) is 10.7. The molecular formula is C29H35N5O5S. The molecule has 2 aromatic rings. The quantitative estimate of drug-likeness (QED) is 0.309. The monoisotopic (exact) mass is 565 g/mol. The van der Waals surface area contributed by atoms with E-state index in [1.165, 1.54) is 0 Å². The number of rotatable bonds is 7. The van der Waals surface area contributed by atoms with Crippen molar-refractivity contribution in [3.8, 4) is 0 Å². The van der Waals surface area contributed by atoms with E-state index in [0.29, 0.717) is 32.5 Å². The molecule has 10 nitrogen and oxygen atoms in total. The summed E-state index contributed by atoms with van der Waals surface area (Å²) in [5, 5.41) is 17.8. The molecule has 0 saturated carbocycles. The molecule has 1 aromatic carbocycles. The van der Waals surface area contributed by atoms with Gasteiger partial charge in [-0.3, -0.25) is 14.4 Å². The summed E-state index contributed by atoms with van der Waals surface area (Å²) in [7, 11) is 0. The van der Waals surface area contributed by atoms with Crippen molar-refractivity contribution < 1.29 is 24.2 Å². The predicted molar refractivity (Wildman–Crippen MR) is 150 cm³/mol. The van der Waals surface area contributed by atoms with Gasteiger partial charge in [0.1, 0.15) is 18.2 Å². The van der Waals surface area contributed by atoms with Crippen LogP contribution in [0.1, 0.15) is 39.0 Å². The van der Waals surface area contributed by atoms with Crippen molar-refractivity contribution in [1.82, 2.24) is 24.8 Å². The number of amides is 2. The van der Waals surface area contributed by atoms with Crippen LogP contribution < -0.4 is 0 Å². The summed E-state index contributed by atoms with van der Waals surface area (Å²) < 4.78 is 5.79. The third kappa shape index (κ3) is 4.34. The van der Waals surface area contributed by atoms with E-state index in [4.69, 9.17) is 4.74 Å². The molecule has 0 aliphatic carbocycles. The number of ether oxygens (including phenoxy) is 1. The van der Waals surface area contributed by atoms with E-state index in [1.54, 1.807) is 26.2 Å². The third-order valence-electron chi connectivity index (χ3n) is 8.62. The second-order valence-corrected chi connectivity index (χ2v) is 13.0. The van der Waals surface area contributed by atoms with Gasteiger partial charge in [-0.1, -0.05) is 41.7 Å². The molecule has 1 spiro atoms. The molecule has 1 unspecified atom stereocenters. The molecule has 1 aromatic heterocycles. The molecule has 4 aliphatic rings. The second-order valence-electron chi connectivity index (χ2n) is 11.2. The fraction of sp³-hybridized carbons (Fsp3) is 0.552. The number of cyclic esters (lactones) is 1. The van der Waals surface area contributed by atoms with Gasteiger partial charge in [-0.2, -0.15) is 0 Å². The minimum absolute atomic E-state index is 0.0830. The lowest BCUT2D eigenvalue weighted by Gasteiger charge is -2.36. The number of hydrogen-bond acceptors (Lipinski definition) is 8. The average Bonchev–Trinajstić information content (AvgIpc) is 3.51. The zero-order valence-corrected chi connectivity index (χ0v) is 23.5. The number of carbonyl (C=O) groups is 3. The van der Waals surface area contributed by atoms with Crippen LogP contribution in [0.4, 0.5) is 0 Å². The molecule has 2 fully saturated rings. The van der Waals surface area contributed by atoms with Gasteiger partial charge < -0.3 is 19.6 Å². The number of aliphatic hydroxyl groups is 1. The molecule has 5 heterocycles. The number of carbonyl (C=O) groups excluding carboxylic acids is 3. The maximum Gasteiger partial charge on any atom is 0.311 e. The van der Waals surface area contributed by atoms with Crippen LogP contribution >= 0.6 is 11.8 Å². The number of hydrogen-bond donors (Lipinski definition) is 1. The maximum atomic E-state index is 14.5. The van der Waals surface area contributed by atoms with E-state index in [2.05, 4.69) is 22.5 Å². The normalized spacial score (nSPS) is 32.6. The topological polar surface area (TPSA) is 118 Å². The Bertz CT molecular complexity index is 1380. The summed E-state index contributed by atoms with van der Waals surface area (Å²) in [4.78, 5) is 45.7. The zero-order chi connectivity index (χ0) is 27.9. The number of para-hydroxylation sites is 1. The largest absolute Gasteiger partial charge is 0.465 e.